The van der Waals surface area contributed by atoms with Crippen LogP contribution < -0.4 is 10.1 Å². The number of pyridine rings is 1. The van der Waals surface area contributed by atoms with Gasteiger partial charge in [-0.2, -0.15) is 5.26 Å². The number of nitriles is 1. The number of ether oxygens (including phenoxy) is 1. The number of methoxy groups -OCH3 is 1. The molecule has 0 spiro atoms. The van der Waals surface area contributed by atoms with E-state index in [0.717, 1.165) is 54.7 Å². The number of rotatable bonds is 7. The lowest BCUT2D eigenvalue weighted by molar-refractivity contribution is 0.127. The number of aliphatic hydroxyl groups is 1. The third-order valence-electron chi connectivity index (χ3n) is 6.18. The van der Waals surface area contributed by atoms with Crippen molar-refractivity contribution < 1.29 is 9.84 Å². The summed E-state index contributed by atoms with van der Waals surface area (Å²) in [6, 6.07) is 11.4. The van der Waals surface area contributed by atoms with Crippen LogP contribution in [0.1, 0.15) is 29.5 Å². The van der Waals surface area contributed by atoms with E-state index in [-0.39, 0.29) is 6.61 Å². The van der Waals surface area contributed by atoms with Crippen molar-refractivity contribution in [1.29, 1.82) is 5.26 Å². The number of nitrogens with one attached hydrogen (secondary N) is 1. The highest BCUT2D eigenvalue weighted by atomic mass is 35.5. The number of aromatic nitrogens is 1. The summed E-state index contributed by atoms with van der Waals surface area (Å²) in [4.78, 5) is 6.99. The molecule has 1 fully saturated rings. The summed E-state index contributed by atoms with van der Waals surface area (Å²) in [6.07, 6.45) is 3.83. The van der Waals surface area contributed by atoms with Gasteiger partial charge in [0, 0.05) is 36.8 Å². The Hall–Kier alpha value is -2.56. The molecule has 4 rings (SSSR count). The Morgan fingerprint density at radius 2 is 2.00 bits per heavy atom. The molecule has 1 aliphatic heterocycles. The summed E-state index contributed by atoms with van der Waals surface area (Å²) in [7, 11) is 1.59. The number of aliphatic hydroxyl groups excluding tert-OH is 1. The molecular formula is C25H26Cl2N4O2. The Morgan fingerprint density at radius 3 is 2.67 bits per heavy atom. The van der Waals surface area contributed by atoms with Gasteiger partial charge in [0.1, 0.15) is 5.75 Å². The molecule has 1 saturated heterocycles. The number of piperidine rings is 1. The monoisotopic (exact) mass is 484 g/mol. The van der Waals surface area contributed by atoms with Crippen molar-refractivity contribution in [2.45, 2.75) is 25.9 Å². The smallest absolute Gasteiger partial charge is 0.137 e. The fourth-order valence-electron chi connectivity index (χ4n) is 4.27. The van der Waals surface area contributed by atoms with E-state index in [0.29, 0.717) is 39.3 Å². The molecule has 1 aliphatic rings. The fourth-order valence-corrected chi connectivity index (χ4v) is 4.82. The number of anilines is 1. The van der Waals surface area contributed by atoms with Crippen LogP contribution in [0.25, 0.3) is 10.9 Å². The van der Waals surface area contributed by atoms with E-state index in [2.05, 4.69) is 21.3 Å². The van der Waals surface area contributed by atoms with Crippen LogP contribution in [-0.4, -0.2) is 41.8 Å². The van der Waals surface area contributed by atoms with Gasteiger partial charge in [-0.15, -0.1) is 0 Å². The predicted molar refractivity (Wildman–Crippen MR) is 132 cm³/mol. The zero-order valence-corrected chi connectivity index (χ0v) is 20.0. The zero-order valence-electron chi connectivity index (χ0n) is 18.4. The first-order chi connectivity index (χ1) is 16.0. The molecule has 8 heteroatoms. The summed E-state index contributed by atoms with van der Waals surface area (Å²) in [5, 5.41) is 24.3. The Labute approximate surface area is 203 Å². The third-order valence-corrected chi connectivity index (χ3v) is 6.76. The minimum Gasteiger partial charge on any atom is -0.495 e. The Kier molecular flexibility index (Phi) is 7.56. The summed E-state index contributed by atoms with van der Waals surface area (Å²) >= 11 is 12.8. The summed E-state index contributed by atoms with van der Waals surface area (Å²) in [6.45, 7) is 3.36. The number of halogens is 2. The maximum absolute atomic E-state index is 9.47. The Morgan fingerprint density at radius 1 is 1.21 bits per heavy atom. The molecule has 2 aromatic carbocycles. The topological polar surface area (TPSA) is 81.4 Å². The van der Waals surface area contributed by atoms with E-state index in [1.807, 2.05) is 30.5 Å². The molecule has 0 bridgehead atoms. The van der Waals surface area contributed by atoms with Gasteiger partial charge in [-0.05, 0) is 61.7 Å². The summed E-state index contributed by atoms with van der Waals surface area (Å²) in [5.41, 5.74) is 4.10. The highest BCUT2D eigenvalue weighted by Gasteiger charge is 2.21. The van der Waals surface area contributed by atoms with Crippen LogP contribution in [0, 0.1) is 17.2 Å². The minimum atomic E-state index is 0.248. The van der Waals surface area contributed by atoms with Gasteiger partial charge in [0.25, 0.3) is 0 Å². The predicted octanol–water partition coefficient (Wildman–Crippen LogP) is 5.24. The van der Waals surface area contributed by atoms with Crippen molar-refractivity contribution >= 4 is 39.8 Å². The highest BCUT2D eigenvalue weighted by Crippen LogP contribution is 2.34. The molecular weight excluding hydrogens is 459 g/mol. The lowest BCUT2D eigenvalue weighted by Crippen LogP contribution is -2.34. The molecule has 0 amide bonds. The molecule has 0 saturated carbocycles. The second-order valence-electron chi connectivity index (χ2n) is 8.35. The molecule has 33 heavy (non-hydrogen) atoms. The average Bonchev–Trinajstić information content (AvgIpc) is 2.83. The van der Waals surface area contributed by atoms with Gasteiger partial charge in [0.2, 0.25) is 0 Å². The van der Waals surface area contributed by atoms with Gasteiger partial charge in [-0.25, -0.2) is 0 Å². The maximum Gasteiger partial charge on any atom is 0.137 e. The highest BCUT2D eigenvalue weighted by molar-refractivity contribution is 6.35. The maximum atomic E-state index is 9.47. The van der Waals surface area contributed by atoms with Crippen molar-refractivity contribution in [2.24, 2.45) is 5.92 Å². The number of hydrogen-bond acceptors (Lipinski definition) is 6. The number of nitrogens with zero attached hydrogens (tertiary/aromatic N) is 3. The standard InChI is InChI=1S/C25H26Cl2N4O2/c1-33-23-3-2-17(9-21(23)26)12-29-24-19(14-31-6-4-16(15-32)5-7-31)13-30-25-20(24)8-18(11-28)10-22(25)27/h2-3,8-10,13,16,32H,4-7,12,14-15H2,1H3,(H,29,30). The fraction of sp³-hybridized carbons (Fsp3) is 0.360. The lowest BCUT2D eigenvalue weighted by atomic mass is 9.97. The van der Waals surface area contributed by atoms with Gasteiger partial charge in [-0.3, -0.25) is 9.88 Å². The number of benzene rings is 2. The van der Waals surface area contributed by atoms with Crippen LogP contribution in [0.15, 0.2) is 36.5 Å². The number of fused-ring (bicyclic) bond motifs is 1. The zero-order chi connectivity index (χ0) is 23.4. The third kappa shape index (κ3) is 5.34. The quantitative estimate of drug-likeness (QED) is 0.477. The molecule has 6 nitrogen and oxygen atoms in total. The van der Waals surface area contributed by atoms with Crippen molar-refractivity contribution in [3.05, 3.63) is 63.3 Å². The van der Waals surface area contributed by atoms with Crippen LogP contribution in [0.2, 0.25) is 10.0 Å². The van der Waals surface area contributed by atoms with Gasteiger partial charge in [0.05, 0.1) is 40.0 Å². The second-order valence-corrected chi connectivity index (χ2v) is 9.16. The van der Waals surface area contributed by atoms with Crippen molar-refractivity contribution in [1.82, 2.24) is 9.88 Å². The molecule has 1 aromatic heterocycles. The molecule has 0 unspecified atom stereocenters. The first kappa shape index (κ1) is 23.6. The van der Waals surface area contributed by atoms with Crippen LogP contribution in [0.5, 0.6) is 5.75 Å². The average molecular weight is 485 g/mol. The van der Waals surface area contributed by atoms with E-state index in [9.17, 15) is 10.4 Å². The minimum absolute atomic E-state index is 0.248. The van der Waals surface area contributed by atoms with Crippen molar-refractivity contribution in [2.75, 3.05) is 32.1 Å². The van der Waals surface area contributed by atoms with Gasteiger partial charge in [-0.1, -0.05) is 29.3 Å². The van der Waals surface area contributed by atoms with E-state index in [4.69, 9.17) is 27.9 Å². The normalized spacial score (nSPS) is 14.9. The lowest BCUT2D eigenvalue weighted by Gasteiger charge is -2.31. The number of hydrogen-bond donors (Lipinski definition) is 2. The van der Waals surface area contributed by atoms with E-state index < -0.39 is 0 Å². The van der Waals surface area contributed by atoms with Gasteiger partial charge >= 0.3 is 0 Å². The molecule has 172 valence electrons. The summed E-state index contributed by atoms with van der Waals surface area (Å²) < 4.78 is 5.25. The van der Waals surface area contributed by atoms with Gasteiger partial charge < -0.3 is 15.2 Å². The van der Waals surface area contributed by atoms with Crippen molar-refractivity contribution in [3.63, 3.8) is 0 Å². The molecule has 3 aromatic rings. The molecule has 2 heterocycles. The number of likely N-dealkylation sites (tertiary alicyclic amines) is 1. The Balaban J connectivity index is 1.67. The van der Waals surface area contributed by atoms with E-state index in [1.54, 1.807) is 13.2 Å². The van der Waals surface area contributed by atoms with E-state index in [1.165, 1.54) is 0 Å². The van der Waals surface area contributed by atoms with Gasteiger partial charge in [0.15, 0.2) is 0 Å². The van der Waals surface area contributed by atoms with Crippen LogP contribution >= 0.6 is 23.2 Å². The molecule has 0 aliphatic carbocycles. The molecule has 0 radical (unpaired) electrons. The summed E-state index contributed by atoms with van der Waals surface area (Å²) in [5.74, 6) is 1.01. The Bertz CT molecular complexity index is 1190. The van der Waals surface area contributed by atoms with Crippen molar-refractivity contribution in [3.8, 4) is 11.8 Å². The van der Waals surface area contributed by atoms with Crippen LogP contribution in [0.4, 0.5) is 5.69 Å². The largest absolute Gasteiger partial charge is 0.495 e. The molecule has 2 N–H and O–H groups in total. The van der Waals surface area contributed by atoms with Crippen LogP contribution in [-0.2, 0) is 13.1 Å². The second kappa shape index (κ2) is 10.6. The first-order valence-electron chi connectivity index (χ1n) is 10.9. The van der Waals surface area contributed by atoms with E-state index >= 15 is 0 Å². The first-order valence-corrected chi connectivity index (χ1v) is 11.7. The van der Waals surface area contributed by atoms with Crippen LogP contribution in [0.3, 0.4) is 0 Å². The SMILES string of the molecule is COc1ccc(CNc2c(CN3CCC(CO)CC3)cnc3c(Cl)cc(C#N)cc23)cc1Cl. The molecule has 0 atom stereocenters.